The van der Waals surface area contributed by atoms with Crippen LogP contribution >= 0.6 is 0 Å². The number of anilines is 2. The lowest BCUT2D eigenvalue weighted by molar-refractivity contribution is -0.119. The quantitative estimate of drug-likeness (QED) is 0.568. The van der Waals surface area contributed by atoms with Crippen molar-refractivity contribution in [3.8, 4) is 0 Å². The van der Waals surface area contributed by atoms with Crippen LogP contribution in [0.15, 0.2) is 70.3 Å². The molecular formula is C25H30N4O3. The fourth-order valence-electron chi connectivity index (χ4n) is 3.72. The van der Waals surface area contributed by atoms with Gasteiger partial charge in [-0.2, -0.15) is 0 Å². The number of carbonyl (C=O) groups is 1. The summed E-state index contributed by atoms with van der Waals surface area (Å²) in [5.41, 5.74) is 7.01. The third-order valence-corrected chi connectivity index (χ3v) is 5.37. The van der Waals surface area contributed by atoms with Crippen molar-refractivity contribution < 1.29 is 4.79 Å². The highest BCUT2D eigenvalue weighted by Gasteiger charge is 2.26. The van der Waals surface area contributed by atoms with Crippen molar-refractivity contribution >= 4 is 17.4 Å². The molecule has 3 aromatic rings. The van der Waals surface area contributed by atoms with Crippen LogP contribution in [0.2, 0.25) is 0 Å². The minimum Gasteiger partial charge on any atom is -0.383 e. The molecule has 7 nitrogen and oxygen atoms in total. The number of nitrogens with one attached hydrogen (secondary N) is 1. The van der Waals surface area contributed by atoms with Gasteiger partial charge in [-0.3, -0.25) is 19.1 Å². The summed E-state index contributed by atoms with van der Waals surface area (Å²) in [4.78, 5) is 42.4. The van der Waals surface area contributed by atoms with E-state index in [1.165, 1.54) is 9.47 Å². The Morgan fingerprint density at radius 3 is 2.19 bits per heavy atom. The van der Waals surface area contributed by atoms with Gasteiger partial charge in [0.05, 0.1) is 6.54 Å². The minimum absolute atomic E-state index is 0.0102. The molecule has 0 unspecified atom stereocenters. The molecule has 2 aromatic carbocycles. The molecule has 0 saturated carbocycles. The number of amides is 1. The average molecular weight is 435 g/mol. The second-order valence-corrected chi connectivity index (χ2v) is 8.48. The van der Waals surface area contributed by atoms with Gasteiger partial charge < -0.3 is 10.6 Å². The van der Waals surface area contributed by atoms with E-state index in [2.05, 4.69) is 4.98 Å². The molecule has 0 spiro atoms. The summed E-state index contributed by atoms with van der Waals surface area (Å²) >= 11 is 0. The summed E-state index contributed by atoms with van der Waals surface area (Å²) in [5.74, 6) is -0.158. The zero-order valence-corrected chi connectivity index (χ0v) is 18.7. The molecule has 3 N–H and O–H groups in total. The van der Waals surface area contributed by atoms with E-state index in [0.29, 0.717) is 6.54 Å². The number of aromatic nitrogens is 2. The van der Waals surface area contributed by atoms with Crippen LogP contribution in [0.5, 0.6) is 0 Å². The SMILES string of the molecule is CC(C)CN(C(=O)C[C@H](C)c1ccccc1)c1c(N)n(Cc2ccccc2)c(=O)[nH]c1=O. The molecule has 1 heterocycles. The molecule has 1 amide bonds. The molecule has 1 atom stereocenters. The monoisotopic (exact) mass is 434 g/mol. The van der Waals surface area contributed by atoms with Gasteiger partial charge in [-0.1, -0.05) is 81.4 Å². The molecular weight excluding hydrogens is 404 g/mol. The highest BCUT2D eigenvalue weighted by atomic mass is 16.2. The van der Waals surface area contributed by atoms with Crippen LogP contribution < -0.4 is 21.9 Å². The molecule has 3 rings (SSSR count). The Morgan fingerprint density at radius 1 is 1.00 bits per heavy atom. The highest BCUT2D eigenvalue weighted by Crippen LogP contribution is 2.24. The van der Waals surface area contributed by atoms with Gasteiger partial charge in [-0.15, -0.1) is 0 Å². The van der Waals surface area contributed by atoms with Gasteiger partial charge in [0.25, 0.3) is 5.56 Å². The van der Waals surface area contributed by atoms with Gasteiger partial charge in [0.2, 0.25) is 5.91 Å². The number of benzene rings is 2. The molecule has 1 aromatic heterocycles. The van der Waals surface area contributed by atoms with Crippen molar-refractivity contribution in [2.75, 3.05) is 17.2 Å². The predicted molar refractivity (Wildman–Crippen MR) is 128 cm³/mol. The van der Waals surface area contributed by atoms with Crippen LogP contribution in [0.3, 0.4) is 0 Å². The summed E-state index contributed by atoms with van der Waals surface area (Å²) < 4.78 is 1.30. The largest absolute Gasteiger partial charge is 0.383 e. The maximum atomic E-state index is 13.4. The first kappa shape index (κ1) is 23.1. The summed E-state index contributed by atoms with van der Waals surface area (Å²) in [5, 5.41) is 0. The number of nitrogens with zero attached hydrogens (tertiary/aromatic N) is 2. The zero-order valence-electron chi connectivity index (χ0n) is 18.7. The van der Waals surface area contributed by atoms with E-state index in [1.807, 2.05) is 81.4 Å². The lowest BCUT2D eigenvalue weighted by atomic mass is 9.97. The van der Waals surface area contributed by atoms with Gasteiger partial charge in [0.15, 0.2) is 5.69 Å². The van der Waals surface area contributed by atoms with Crippen molar-refractivity contribution in [2.24, 2.45) is 5.92 Å². The van der Waals surface area contributed by atoms with Crippen LogP contribution in [0, 0.1) is 5.92 Å². The molecule has 168 valence electrons. The first-order valence-corrected chi connectivity index (χ1v) is 10.8. The van der Waals surface area contributed by atoms with Crippen LogP contribution in [0.4, 0.5) is 11.5 Å². The van der Waals surface area contributed by atoms with Crippen molar-refractivity contribution in [1.29, 1.82) is 0 Å². The molecule has 0 saturated heterocycles. The standard InChI is InChI=1S/C25H30N4O3/c1-17(2)15-28(21(30)14-18(3)20-12-8-5-9-13-20)22-23(26)29(25(32)27-24(22)31)16-19-10-6-4-7-11-19/h4-13,17-18H,14-16,26H2,1-3H3,(H,27,31,32)/t18-/m0/s1. The van der Waals surface area contributed by atoms with E-state index in [4.69, 9.17) is 5.73 Å². The molecule has 32 heavy (non-hydrogen) atoms. The third-order valence-electron chi connectivity index (χ3n) is 5.37. The van der Waals surface area contributed by atoms with Crippen LogP contribution in [-0.2, 0) is 11.3 Å². The third kappa shape index (κ3) is 5.35. The fourth-order valence-corrected chi connectivity index (χ4v) is 3.72. The normalized spacial score (nSPS) is 12.0. The molecule has 0 aliphatic rings. The van der Waals surface area contributed by atoms with E-state index in [0.717, 1.165) is 11.1 Å². The summed E-state index contributed by atoms with van der Waals surface area (Å²) in [7, 11) is 0. The van der Waals surface area contributed by atoms with E-state index in [-0.39, 0.29) is 42.2 Å². The Labute approximate surface area is 187 Å². The van der Waals surface area contributed by atoms with Crippen molar-refractivity contribution in [3.63, 3.8) is 0 Å². The maximum Gasteiger partial charge on any atom is 0.330 e. The average Bonchev–Trinajstić information content (AvgIpc) is 2.76. The van der Waals surface area contributed by atoms with Crippen LogP contribution in [0.25, 0.3) is 0 Å². The molecule has 7 heteroatoms. The smallest absolute Gasteiger partial charge is 0.330 e. The summed E-state index contributed by atoms with van der Waals surface area (Å²) in [6.45, 7) is 6.41. The van der Waals surface area contributed by atoms with E-state index in [9.17, 15) is 14.4 Å². The number of H-pyrrole nitrogens is 1. The Morgan fingerprint density at radius 2 is 1.59 bits per heavy atom. The Hall–Kier alpha value is -3.61. The van der Waals surface area contributed by atoms with Crippen molar-refractivity contribution in [3.05, 3.63) is 92.6 Å². The Bertz CT molecular complexity index is 1170. The first-order chi connectivity index (χ1) is 15.3. The number of rotatable bonds is 8. The Balaban J connectivity index is 1.99. The van der Waals surface area contributed by atoms with Gasteiger partial charge in [-0.05, 0) is 23.0 Å². The fraction of sp³-hybridized carbons (Fsp3) is 0.320. The second-order valence-electron chi connectivity index (χ2n) is 8.48. The van der Waals surface area contributed by atoms with Gasteiger partial charge in [0.1, 0.15) is 5.82 Å². The number of nitrogen functional groups attached to an aromatic ring is 1. The maximum absolute atomic E-state index is 13.4. The van der Waals surface area contributed by atoms with Crippen molar-refractivity contribution in [2.45, 2.75) is 39.7 Å². The van der Waals surface area contributed by atoms with Crippen molar-refractivity contribution in [1.82, 2.24) is 9.55 Å². The zero-order chi connectivity index (χ0) is 23.3. The lowest BCUT2D eigenvalue weighted by Gasteiger charge is -2.27. The van der Waals surface area contributed by atoms with Gasteiger partial charge in [0, 0.05) is 13.0 Å². The molecule has 0 bridgehead atoms. The number of nitrogens with two attached hydrogens (primary N) is 1. The summed E-state index contributed by atoms with van der Waals surface area (Å²) in [6.07, 6.45) is 0.216. The predicted octanol–water partition coefficient (Wildman–Crippen LogP) is 3.35. The minimum atomic E-state index is -0.654. The van der Waals surface area contributed by atoms with E-state index >= 15 is 0 Å². The van der Waals surface area contributed by atoms with Gasteiger partial charge in [-0.25, -0.2) is 4.79 Å². The molecule has 0 radical (unpaired) electrons. The number of carbonyl (C=O) groups excluding carboxylic acids is 1. The number of aromatic amines is 1. The van der Waals surface area contributed by atoms with E-state index < -0.39 is 11.2 Å². The highest BCUT2D eigenvalue weighted by molar-refractivity contribution is 5.96. The molecule has 0 aliphatic carbocycles. The lowest BCUT2D eigenvalue weighted by Crippen LogP contribution is -2.43. The molecule has 0 aliphatic heterocycles. The van der Waals surface area contributed by atoms with Gasteiger partial charge >= 0.3 is 5.69 Å². The topological polar surface area (TPSA) is 101 Å². The first-order valence-electron chi connectivity index (χ1n) is 10.8. The molecule has 0 fully saturated rings. The van der Waals surface area contributed by atoms with Crippen LogP contribution in [-0.4, -0.2) is 22.0 Å². The number of hydrogen-bond acceptors (Lipinski definition) is 4. The number of hydrogen-bond donors (Lipinski definition) is 2. The van der Waals surface area contributed by atoms with Crippen LogP contribution in [0.1, 0.15) is 44.2 Å². The second kappa shape index (κ2) is 10.1. The Kier molecular flexibility index (Phi) is 7.30. The summed E-state index contributed by atoms with van der Waals surface area (Å²) in [6, 6.07) is 19.1. The van der Waals surface area contributed by atoms with E-state index in [1.54, 1.807) is 0 Å².